The van der Waals surface area contributed by atoms with Crippen molar-refractivity contribution in [2.45, 2.75) is 42.7 Å². The average Bonchev–Trinajstić information content (AvgIpc) is 2.56. The van der Waals surface area contributed by atoms with Crippen LogP contribution in [-0.2, 0) is 19.2 Å². The fourth-order valence-corrected chi connectivity index (χ4v) is 1.22. The molecule has 0 aromatic rings. The van der Waals surface area contributed by atoms with Crippen LogP contribution >= 0.6 is 0 Å². The molecule has 15 nitrogen and oxygen atoms in total. The molecule has 0 saturated heterocycles. The number of amides is 4. The predicted molar refractivity (Wildman–Crippen MR) is 78.8 cm³/mol. The zero-order valence-corrected chi connectivity index (χ0v) is 13.1. The van der Waals surface area contributed by atoms with E-state index in [2.05, 4.69) is 22.9 Å². The molecule has 7 atom stereocenters. The van der Waals surface area contributed by atoms with Gasteiger partial charge in [0.05, 0.1) is 0 Å². The Hall–Kier alpha value is -2.40. The van der Waals surface area contributed by atoms with Crippen molar-refractivity contribution in [1.29, 1.82) is 0 Å². The van der Waals surface area contributed by atoms with Gasteiger partial charge in [0.25, 0.3) is 0 Å². The molecule has 4 amide bonds. The summed E-state index contributed by atoms with van der Waals surface area (Å²) in [7, 11) is 0. The molecule has 152 valence electrons. The normalized spacial score (nSPS) is 18.7. The van der Waals surface area contributed by atoms with E-state index in [1.165, 1.54) is 0 Å². The summed E-state index contributed by atoms with van der Waals surface area (Å²) >= 11 is 0. The minimum Gasteiger partial charge on any atom is -0.387 e. The molecular formula is C11H22N4O11. The van der Waals surface area contributed by atoms with Crippen LogP contribution in [0.5, 0.6) is 0 Å². The summed E-state index contributed by atoms with van der Waals surface area (Å²) in [6.45, 7) is 0. The lowest BCUT2D eigenvalue weighted by molar-refractivity contribution is -0.152. The van der Waals surface area contributed by atoms with Crippen LogP contribution in [0.25, 0.3) is 0 Å². The summed E-state index contributed by atoms with van der Waals surface area (Å²) in [5, 5.41) is 62.0. The minimum absolute atomic E-state index is 1.25. The maximum absolute atomic E-state index is 10.3. The zero-order valence-electron chi connectivity index (χ0n) is 13.1. The van der Waals surface area contributed by atoms with Crippen LogP contribution in [-0.4, -0.2) is 102 Å². The molecule has 0 saturated carbocycles. The van der Waals surface area contributed by atoms with E-state index in [9.17, 15) is 19.2 Å². The van der Waals surface area contributed by atoms with Crippen LogP contribution < -0.4 is 22.9 Å². The number of nitrogens with two attached hydrogens (primary N) is 4. The molecule has 0 rings (SSSR count). The molecule has 15 N–H and O–H groups in total. The van der Waals surface area contributed by atoms with Gasteiger partial charge in [-0.25, -0.2) is 0 Å². The van der Waals surface area contributed by atoms with Gasteiger partial charge in [0.15, 0.2) is 24.4 Å². The summed E-state index contributed by atoms with van der Waals surface area (Å²) in [6, 6.07) is 0. The quantitative estimate of drug-likeness (QED) is 0.176. The molecule has 15 heteroatoms. The van der Waals surface area contributed by atoms with Gasteiger partial charge in [0.1, 0.15) is 18.3 Å². The number of primary amides is 4. The lowest BCUT2D eigenvalue weighted by atomic mass is 10.0. The van der Waals surface area contributed by atoms with Crippen molar-refractivity contribution >= 4 is 23.6 Å². The van der Waals surface area contributed by atoms with Gasteiger partial charge in [-0.1, -0.05) is 0 Å². The number of aliphatic hydroxyl groups excluding tert-OH is 7. The Kier molecular flexibility index (Phi) is 11.2. The van der Waals surface area contributed by atoms with Crippen molar-refractivity contribution in [2.75, 3.05) is 0 Å². The second kappa shape index (κ2) is 11.3. The SMILES string of the molecule is NC(=O)[C@@H](O)C(O)[C@@H](O)C(N)=O.NC(=O)[C@@H](O)[C@@H](O)[C@H](O)[C@@H](O)C(N)=O. The molecule has 0 aromatic heterocycles. The number of aliphatic hydroxyl groups is 7. The third-order valence-corrected chi connectivity index (χ3v) is 2.81. The number of carbonyl (C=O) groups excluding carboxylic acids is 4. The van der Waals surface area contributed by atoms with Crippen LogP contribution in [0.2, 0.25) is 0 Å². The first-order valence-corrected chi connectivity index (χ1v) is 6.60. The van der Waals surface area contributed by atoms with Crippen molar-refractivity contribution in [2.24, 2.45) is 22.9 Å². The van der Waals surface area contributed by atoms with E-state index in [1.54, 1.807) is 0 Å². The number of hydrogen-bond acceptors (Lipinski definition) is 11. The van der Waals surface area contributed by atoms with Gasteiger partial charge in [-0.2, -0.15) is 0 Å². The van der Waals surface area contributed by atoms with Crippen LogP contribution in [0.1, 0.15) is 0 Å². The molecule has 0 heterocycles. The molecule has 1 unspecified atom stereocenters. The first-order valence-electron chi connectivity index (χ1n) is 6.60. The summed E-state index contributed by atoms with van der Waals surface area (Å²) in [4.78, 5) is 41.1. The predicted octanol–water partition coefficient (Wildman–Crippen LogP) is -8.56. The Labute approximate surface area is 145 Å². The largest absolute Gasteiger partial charge is 0.387 e. The lowest BCUT2D eigenvalue weighted by Gasteiger charge is -2.22. The molecule has 0 aromatic carbocycles. The standard InChI is InChI=1S/C6H12N2O6.C5H10N2O5/c7-5(13)3(11)1(9)2(10)4(12)6(8)14;6-4(11)2(9)1(8)3(10)5(7)12/h1-4,9-12H,(H2,7,13)(H2,8,14);1-3,8-10H,(H2,6,11)(H2,7,12)/t1-,2-,3-,4+;1?,2-,3+/m0./s1. The van der Waals surface area contributed by atoms with Crippen LogP contribution in [0.4, 0.5) is 0 Å². The molecule has 0 spiro atoms. The molecule has 26 heavy (non-hydrogen) atoms. The number of carbonyl (C=O) groups is 4. The lowest BCUT2D eigenvalue weighted by Crippen LogP contribution is -2.52. The average molecular weight is 386 g/mol. The summed E-state index contributed by atoms with van der Waals surface area (Å²) in [5.74, 6) is -5.09. The highest BCUT2D eigenvalue weighted by molar-refractivity contribution is 5.83. The van der Waals surface area contributed by atoms with E-state index < -0.39 is 66.4 Å². The maximum Gasteiger partial charge on any atom is 0.249 e. The highest BCUT2D eigenvalue weighted by Gasteiger charge is 2.35. The molecule has 0 bridgehead atoms. The fraction of sp³-hybridized carbons (Fsp3) is 0.636. The van der Waals surface area contributed by atoms with E-state index in [4.69, 9.17) is 35.7 Å². The third-order valence-electron chi connectivity index (χ3n) is 2.81. The smallest absolute Gasteiger partial charge is 0.249 e. The Morgan fingerprint density at radius 3 is 0.731 bits per heavy atom. The van der Waals surface area contributed by atoms with Crippen molar-refractivity contribution < 1.29 is 54.9 Å². The van der Waals surface area contributed by atoms with E-state index >= 15 is 0 Å². The van der Waals surface area contributed by atoms with Gasteiger partial charge in [0.2, 0.25) is 23.6 Å². The van der Waals surface area contributed by atoms with Crippen LogP contribution in [0, 0.1) is 0 Å². The fourth-order valence-electron chi connectivity index (χ4n) is 1.22. The minimum atomic E-state index is -2.08. The first-order chi connectivity index (χ1) is 11.7. The van der Waals surface area contributed by atoms with E-state index in [1.807, 2.05) is 0 Å². The van der Waals surface area contributed by atoms with Gasteiger partial charge in [-0.05, 0) is 0 Å². The second-order valence-corrected chi connectivity index (χ2v) is 4.86. The van der Waals surface area contributed by atoms with Crippen molar-refractivity contribution in [3.63, 3.8) is 0 Å². The maximum atomic E-state index is 10.3. The van der Waals surface area contributed by atoms with Gasteiger partial charge in [-0.15, -0.1) is 0 Å². The van der Waals surface area contributed by atoms with Crippen molar-refractivity contribution in [3.8, 4) is 0 Å². The highest BCUT2D eigenvalue weighted by atomic mass is 16.4. The third kappa shape index (κ3) is 8.12. The molecular weight excluding hydrogens is 364 g/mol. The molecule has 0 aliphatic rings. The topological polar surface area (TPSA) is 314 Å². The summed E-state index contributed by atoms with van der Waals surface area (Å²) < 4.78 is 0. The van der Waals surface area contributed by atoms with Gasteiger partial charge in [-0.3, -0.25) is 19.2 Å². The Morgan fingerprint density at radius 1 is 0.423 bits per heavy atom. The number of hydrogen-bond donors (Lipinski definition) is 11. The van der Waals surface area contributed by atoms with Gasteiger partial charge in [0, 0.05) is 0 Å². The second-order valence-electron chi connectivity index (χ2n) is 4.86. The van der Waals surface area contributed by atoms with Crippen molar-refractivity contribution in [1.82, 2.24) is 0 Å². The molecule has 0 radical (unpaired) electrons. The van der Waals surface area contributed by atoms with E-state index in [0.717, 1.165) is 0 Å². The Balaban J connectivity index is 0. The summed E-state index contributed by atoms with van der Waals surface area (Å²) in [6.07, 6.45) is -14.3. The Morgan fingerprint density at radius 2 is 0.577 bits per heavy atom. The van der Waals surface area contributed by atoms with Crippen LogP contribution in [0.3, 0.4) is 0 Å². The highest BCUT2D eigenvalue weighted by Crippen LogP contribution is 2.04. The van der Waals surface area contributed by atoms with Gasteiger partial charge >= 0.3 is 0 Å². The summed E-state index contributed by atoms with van der Waals surface area (Å²) in [5.41, 5.74) is 18.3. The molecule has 0 fully saturated rings. The monoisotopic (exact) mass is 386 g/mol. The zero-order chi connectivity index (χ0) is 21.4. The van der Waals surface area contributed by atoms with E-state index in [-0.39, 0.29) is 0 Å². The van der Waals surface area contributed by atoms with Crippen molar-refractivity contribution in [3.05, 3.63) is 0 Å². The Bertz CT molecular complexity index is 472. The molecule has 0 aliphatic carbocycles. The first kappa shape index (κ1) is 25.8. The van der Waals surface area contributed by atoms with Gasteiger partial charge < -0.3 is 58.7 Å². The number of rotatable bonds is 9. The van der Waals surface area contributed by atoms with Crippen LogP contribution in [0.15, 0.2) is 0 Å². The van der Waals surface area contributed by atoms with E-state index in [0.29, 0.717) is 0 Å². The molecule has 0 aliphatic heterocycles.